The molecule has 0 radical (unpaired) electrons. The Bertz CT molecular complexity index is 274. The number of halogens is 2. The van der Waals surface area contributed by atoms with E-state index in [4.69, 9.17) is 23.2 Å². The third-order valence-electron chi connectivity index (χ3n) is 1.38. The van der Waals surface area contributed by atoms with Crippen LogP contribution in [0.4, 0.5) is 0 Å². The SMILES string of the molecule is CN(C)Cc1cnc(Cl)cc1Cl. The van der Waals surface area contributed by atoms with Gasteiger partial charge in [-0.1, -0.05) is 23.2 Å². The van der Waals surface area contributed by atoms with Gasteiger partial charge in [-0.15, -0.1) is 0 Å². The number of nitrogens with zero attached hydrogens (tertiary/aromatic N) is 2. The number of aromatic nitrogens is 1. The maximum absolute atomic E-state index is 5.92. The monoisotopic (exact) mass is 204 g/mol. The van der Waals surface area contributed by atoms with Crippen molar-refractivity contribution in [1.82, 2.24) is 9.88 Å². The molecule has 0 bridgehead atoms. The zero-order valence-electron chi connectivity index (χ0n) is 7.01. The first-order chi connectivity index (χ1) is 5.59. The number of rotatable bonds is 2. The normalized spacial score (nSPS) is 10.8. The van der Waals surface area contributed by atoms with E-state index in [1.54, 1.807) is 12.3 Å². The van der Waals surface area contributed by atoms with Gasteiger partial charge in [-0.2, -0.15) is 0 Å². The van der Waals surface area contributed by atoms with Gasteiger partial charge in [0.1, 0.15) is 5.15 Å². The summed E-state index contributed by atoms with van der Waals surface area (Å²) >= 11 is 11.6. The van der Waals surface area contributed by atoms with Crippen LogP contribution in [0.15, 0.2) is 12.3 Å². The van der Waals surface area contributed by atoms with Gasteiger partial charge in [-0.25, -0.2) is 4.98 Å². The third-order valence-corrected chi connectivity index (χ3v) is 1.94. The fraction of sp³-hybridized carbons (Fsp3) is 0.375. The molecular weight excluding hydrogens is 195 g/mol. The van der Waals surface area contributed by atoms with Crippen molar-refractivity contribution in [2.24, 2.45) is 0 Å². The number of hydrogen-bond donors (Lipinski definition) is 0. The van der Waals surface area contributed by atoms with Crippen LogP contribution in [0.25, 0.3) is 0 Å². The highest BCUT2D eigenvalue weighted by Gasteiger charge is 2.02. The topological polar surface area (TPSA) is 16.1 Å². The van der Waals surface area contributed by atoms with Gasteiger partial charge in [0.05, 0.1) is 0 Å². The predicted molar refractivity (Wildman–Crippen MR) is 51.6 cm³/mol. The van der Waals surface area contributed by atoms with E-state index in [1.165, 1.54) is 0 Å². The maximum atomic E-state index is 5.92. The zero-order valence-corrected chi connectivity index (χ0v) is 8.52. The molecule has 0 amide bonds. The van der Waals surface area contributed by atoms with Crippen molar-refractivity contribution in [2.45, 2.75) is 6.54 Å². The maximum Gasteiger partial charge on any atom is 0.130 e. The Balaban J connectivity index is 2.86. The predicted octanol–water partition coefficient (Wildman–Crippen LogP) is 2.45. The molecule has 4 heteroatoms. The zero-order chi connectivity index (χ0) is 9.14. The first-order valence-corrected chi connectivity index (χ1v) is 4.30. The summed E-state index contributed by atoms with van der Waals surface area (Å²) in [6.07, 6.45) is 1.70. The average molecular weight is 205 g/mol. The van der Waals surface area contributed by atoms with E-state index in [2.05, 4.69) is 4.98 Å². The summed E-state index contributed by atoms with van der Waals surface area (Å²) in [5.41, 5.74) is 0.992. The van der Waals surface area contributed by atoms with Crippen LogP contribution in [0.1, 0.15) is 5.56 Å². The molecule has 0 fully saturated rings. The highest BCUT2D eigenvalue weighted by atomic mass is 35.5. The van der Waals surface area contributed by atoms with E-state index in [9.17, 15) is 0 Å². The summed E-state index contributed by atoms with van der Waals surface area (Å²) in [5.74, 6) is 0. The summed E-state index contributed by atoms with van der Waals surface area (Å²) in [5, 5.41) is 1.10. The molecular formula is C8H10Cl2N2. The molecule has 1 aromatic rings. The Morgan fingerprint density at radius 2 is 2.08 bits per heavy atom. The van der Waals surface area contributed by atoms with E-state index < -0.39 is 0 Å². The van der Waals surface area contributed by atoms with Crippen molar-refractivity contribution >= 4 is 23.2 Å². The number of hydrogen-bond acceptors (Lipinski definition) is 2. The second-order valence-corrected chi connectivity index (χ2v) is 3.63. The van der Waals surface area contributed by atoms with Gasteiger partial charge < -0.3 is 4.90 Å². The van der Waals surface area contributed by atoms with Gasteiger partial charge in [0, 0.05) is 23.3 Å². The highest BCUT2D eigenvalue weighted by Crippen LogP contribution is 2.19. The fourth-order valence-corrected chi connectivity index (χ4v) is 1.32. The largest absolute Gasteiger partial charge is 0.305 e. The lowest BCUT2D eigenvalue weighted by Crippen LogP contribution is -2.11. The Kier molecular flexibility index (Phi) is 3.32. The lowest BCUT2D eigenvalue weighted by Gasteiger charge is -2.10. The molecule has 0 N–H and O–H groups in total. The van der Waals surface area contributed by atoms with Gasteiger partial charge in [-0.3, -0.25) is 0 Å². The summed E-state index contributed by atoms with van der Waals surface area (Å²) < 4.78 is 0. The summed E-state index contributed by atoms with van der Waals surface area (Å²) in [6, 6.07) is 1.65. The Morgan fingerprint density at radius 1 is 1.42 bits per heavy atom. The molecule has 0 aliphatic heterocycles. The van der Waals surface area contributed by atoms with Gasteiger partial charge in [0.25, 0.3) is 0 Å². The Morgan fingerprint density at radius 3 is 2.58 bits per heavy atom. The van der Waals surface area contributed by atoms with Crippen LogP contribution in [0.5, 0.6) is 0 Å². The van der Waals surface area contributed by atoms with E-state index >= 15 is 0 Å². The van der Waals surface area contributed by atoms with Gasteiger partial charge in [0.2, 0.25) is 0 Å². The molecule has 1 aromatic heterocycles. The standard InChI is InChI=1S/C8H10Cl2N2/c1-12(2)5-6-4-11-8(10)3-7(6)9/h3-4H,5H2,1-2H3. The second-order valence-electron chi connectivity index (χ2n) is 2.84. The van der Waals surface area contributed by atoms with Crippen LogP contribution < -0.4 is 0 Å². The number of pyridine rings is 1. The molecule has 0 aliphatic carbocycles. The minimum absolute atomic E-state index is 0.433. The van der Waals surface area contributed by atoms with Crippen molar-refractivity contribution in [3.05, 3.63) is 28.0 Å². The van der Waals surface area contributed by atoms with Crippen LogP contribution in [-0.2, 0) is 6.54 Å². The Hall–Kier alpha value is -0.310. The molecule has 0 unspecified atom stereocenters. The molecule has 2 nitrogen and oxygen atoms in total. The average Bonchev–Trinajstić information content (AvgIpc) is 1.94. The summed E-state index contributed by atoms with van der Waals surface area (Å²) in [7, 11) is 3.95. The molecule has 0 atom stereocenters. The minimum Gasteiger partial charge on any atom is -0.305 e. The van der Waals surface area contributed by atoms with Crippen LogP contribution in [-0.4, -0.2) is 24.0 Å². The van der Waals surface area contributed by atoms with Gasteiger partial charge in [0.15, 0.2) is 0 Å². The smallest absolute Gasteiger partial charge is 0.130 e. The lowest BCUT2D eigenvalue weighted by atomic mass is 10.3. The van der Waals surface area contributed by atoms with Crippen LogP contribution in [0.2, 0.25) is 10.2 Å². The van der Waals surface area contributed by atoms with Crippen LogP contribution in [0.3, 0.4) is 0 Å². The van der Waals surface area contributed by atoms with E-state index in [-0.39, 0.29) is 0 Å². The molecule has 0 aliphatic rings. The molecule has 0 saturated carbocycles. The van der Waals surface area contributed by atoms with Crippen molar-refractivity contribution in [3.63, 3.8) is 0 Å². The van der Waals surface area contributed by atoms with E-state index in [1.807, 2.05) is 19.0 Å². The van der Waals surface area contributed by atoms with Crippen molar-refractivity contribution in [2.75, 3.05) is 14.1 Å². The molecule has 0 aromatic carbocycles. The van der Waals surface area contributed by atoms with Crippen molar-refractivity contribution in [3.8, 4) is 0 Å². The third kappa shape index (κ3) is 2.63. The Labute approximate surface area is 82.1 Å². The van der Waals surface area contributed by atoms with Crippen LogP contribution >= 0.6 is 23.2 Å². The van der Waals surface area contributed by atoms with Gasteiger partial charge >= 0.3 is 0 Å². The molecule has 12 heavy (non-hydrogen) atoms. The molecule has 0 spiro atoms. The minimum atomic E-state index is 0.433. The summed E-state index contributed by atoms with van der Waals surface area (Å²) in [4.78, 5) is 5.97. The van der Waals surface area contributed by atoms with Crippen molar-refractivity contribution in [1.29, 1.82) is 0 Å². The molecule has 1 heterocycles. The van der Waals surface area contributed by atoms with E-state index in [0.29, 0.717) is 10.2 Å². The van der Waals surface area contributed by atoms with Crippen LogP contribution in [0, 0.1) is 0 Å². The molecule has 0 saturated heterocycles. The first-order valence-electron chi connectivity index (χ1n) is 3.54. The lowest BCUT2D eigenvalue weighted by molar-refractivity contribution is 0.402. The second kappa shape index (κ2) is 4.08. The van der Waals surface area contributed by atoms with Crippen molar-refractivity contribution < 1.29 is 0 Å². The fourth-order valence-electron chi connectivity index (χ4n) is 0.893. The first kappa shape index (κ1) is 9.78. The van der Waals surface area contributed by atoms with E-state index in [0.717, 1.165) is 12.1 Å². The highest BCUT2D eigenvalue weighted by molar-refractivity contribution is 6.34. The quantitative estimate of drug-likeness (QED) is 0.689. The van der Waals surface area contributed by atoms with Gasteiger partial charge in [-0.05, 0) is 20.2 Å². The summed E-state index contributed by atoms with van der Waals surface area (Å²) in [6.45, 7) is 0.781. The molecule has 1 rings (SSSR count). The molecule has 66 valence electrons.